The van der Waals surface area contributed by atoms with E-state index in [4.69, 9.17) is 0 Å². The zero-order valence-electron chi connectivity index (χ0n) is 15.4. The summed E-state index contributed by atoms with van der Waals surface area (Å²) in [5.41, 5.74) is 1.36. The van der Waals surface area contributed by atoms with Gasteiger partial charge < -0.3 is 20.4 Å². The monoisotopic (exact) mass is 395 g/mol. The van der Waals surface area contributed by atoms with Crippen molar-refractivity contribution >= 4 is 27.6 Å². The predicted molar refractivity (Wildman–Crippen MR) is 107 cm³/mol. The molecule has 0 aromatic heterocycles. The fourth-order valence-corrected chi connectivity index (χ4v) is 2.87. The third kappa shape index (κ3) is 5.11. The highest BCUT2D eigenvalue weighted by atomic mass is 79.9. The Morgan fingerprint density at radius 2 is 2.00 bits per heavy atom. The average molecular weight is 396 g/mol. The van der Waals surface area contributed by atoms with Gasteiger partial charge in [-0.2, -0.15) is 0 Å². The molecule has 0 bridgehead atoms. The lowest BCUT2D eigenvalue weighted by molar-refractivity contribution is 0.197. The standard InChI is InChI=1S/C18H30BrN5/c1-18(2,23(4)5)13-21-17(20-3)22-15-10-11-24(12-15)16-8-6-14(19)7-9-16/h6-9,15H,10-13H2,1-5H3,(H2,20,21,22). The molecule has 0 radical (unpaired) electrons. The van der Waals surface area contributed by atoms with Crippen molar-refractivity contribution < 1.29 is 0 Å². The SMILES string of the molecule is CN=C(NCC(C)(C)N(C)C)NC1CCN(c2ccc(Br)cc2)C1. The Balaban J connectivity index is 1.86. The molecule has 1 unspecified atom stereocenters. The van der Waals surface area contributed by atoms with E-state index in [1.807, 2.05) is 7.05 Å². The van der Waals surface area contributed by atoms with Crippen LogP contribution in [0.4, 0.5) is 5.69 Å². The molecule has 2 rings (SSSR count). The van der Waals surface area contributed by atoms with Crippen LogP contribution >= 0.6 is 15.9 Å². The van der Waals surface area contributed by atoms with Gasteiger partial charge in [-0.25, -0.2) is 0 Å². The third-order valence-electron chi connectivity index (χ3n) is 4.84. The molecule has 1 atom stereocenters. The van der Waals surface area contributed by atoms with E-state index in [9.17, 15) is 0 Å². The van der Waals surface area contributed by atoms with Crippen LogP contribution in [0.25, 0.3) is 0 Å². The van der Waals surface area contributed by atoms with E-state index < -0.39 is 0 Å². The summed E-state index contributed by atoms with van der Waals surface area (Å²) >= 11 is 3.49. The van der Waals surface area contributed by atoms with Crippen LogP contribution in [-0.4, -0.2) is 63.2 Å². The Hall–Kier alpha value is -1.27. The van der Waals surface area contributed by atoms with Gasteiger partial charge in [0.25, 0.3) is 0 Å². The van der Waals surface area contributed by atoms with Crippen LogP contribution in [0.3, 0.4) is 0 Å². The van der Waals surface area contributed by atoms with Gasteiger partial charge in [0.15, 0.2) is 5.96 Å². The first-order chi connectivity index (χ1) is 11.3. The average Bonchev–Trinajstić information content (AvgIpc) is 3.00. The molecule has 5 nitrogen and oxygen atoms in total. The molecule has 0 amide bonds. The zero-order chi connectivity index (χ0) is 17.7. The maximum Gasteiger partial charge on any atom is 0.191 e. The quantitative estimate of drug-likeness (QED) is 0.593. The van der Waals surface area contributed by atoms with Gasteiger partial charge in [-0.15, -0.1) is 0 Å². The molecule has 1 aliphatic rings. The number of benzene rings is 1. The number of nitrogens with one attached hydrogen (secondary N) is 2. The topological polar surface area (TPSA) is 42.9 Å². The summed E-state index contributed by atoms with van der Waals surface area (Å²) in [4.78, 5) is 9.01. The van der Waals surface area contributed by atoms with Gasteiger partial charge in [0.2, 0.25) is 0 Å². The van der Waals surface area contributed by atoms with Crippen LogP contribution in [0.5, 0.6) is 0 Å². The number of halogens is 1. The van der Waals surface area contributed by atoms with Crippen molar-refractivity contribution in [1.29, 1.82) is 0 Å². The normalized spacial score (nSPS) is 19.0. The first-order valence-corrected chi connectivity index (χ1v) is 9.26. The van der Waals surface area contributed by atoms with Crippen LogP contribution in [-0.2, 0) is 0 Å². The fraction of sp³-hybridized carbons (Fsp3) is 0.611. The first kappa shape index (κ1) is 19.1. The van der Waals surface area contributed by atoms with Crippen molar-refractivity contribution in [2.45, 2.75) is 31.8 Å². The first-order valence-electron chi connectivity index (χ1n) is 8.47. The minimum absolute atomic E-state index is 0.0801. The van der Waals surface area contributed by atoms with Crippen LogP contribution in [0, 0.1) is 0 Å². The summed E-state index contributed by atoms with van der Waals surface area (Å²) in [6.07, 6.45) is 1.12. The lowest BCUT2D eigenvalue weighted by atomic mass is 10.0. The van der Waals surface area contributed by atoms with Gasteiger partial charge in [-0.1, -0.05) is 15.9 Å². The molecule has 0 saturated carbocycles. The van der Waals surface area contributed by atoms with E-state index in [1.54, 1.807) is 0 Å². The van der Waals surface area contributed by atoms with Gasteiger partial charge >= 0.3 is 0 Å². The van der Waals surface area contributed by atoms with E-state index in [1.165, 1.54) is 5.69 Å². The van der Waals surface area contributed by atoms with Crippen LogP contribution < -0.4 is 15.5 Å². The second-order valence-electron chi connectivity index (χ2n) is 7.18. The molecular formula is C18H30BrN5. The minimum Gasteiger partial charge on any atom is -0.369 e. The second kappa shape index (κ2) is 8.21. The van der Waals surface area contributed by atoms with Crippen molar-refractivity contribution in [2.24, 2.45) is 4.99 Å². The van der Waals surface area contributed by atoms with Crippen molar-refractivity contribution in [3.05, 3.63) is 28.7 Å². The summed E-state index contributed by atoms with van der Waals surface area (Å²) in [7, 11) is 6.04. The highest BCUT2D eigenvalue weighted by Crippen LogP contribution is 2.22. The molecule has 1 fully saturated rings. The number of aliphatic imine (C=N–C) groups is 1. The van der Waals surface area contributed by atoms with Crippen LogP contribution in [0.15, 0.2) is 33.7 Å². The maximum absolute atomic E-state index is 4.37. The fourth-order valence-electron chi connectivity index (χ4n) is 2.61. The Labute approximate surface area is 154 Å². The van der Waals surface area contributed by atoms with Gasteiger partial charge in [-0.3, -0.25) is 4.99 Å². The Morgan fingerprint density at radius 1 is 1.33 bits per heavy atom. The van der Waals surface area contributed by atoms with E-state index in [0.717, 1.165) is 36.5 Å². The largest absolute Gasteiger partial charge is 0.369 e. The van der Waals surface area contributed by atoms with Crippen LogP contribution in [0.1, 0.15) is 20.3 Å². The van der Waals surface area contributed by atoms with Crippen molar-refractivity contribution in [2.75, 3.05) is 45.7 Å². The van der Waals surface area contributed by atoms with E-state index in [-0.39, 0.29) is 5.54 Å². The minimum atomic E-state index is 0.0801. The highest BCUT2D eigenvalue weighted by molar-refractivity contribution is 9.10. The predicted octanol–water partition coefficient (Wildman–Crippen LogP) is 2.53. The number of hydrogen-bond donors (Lipinski definition) is 2. The van der Waals surface area contributed by atoms with E-state index in [0.29, 0.717) is 6.04 Å². The molecule has 1 heterocycles. The summed E-state index contributed by atoms with van der Waals surface area (Å²) in [6.45, 7) is 7.36. The molecule has 134 valence electrons. The summed E-state index contributed by atoms with van der Waals surface area (Å²) < 4.78 is 1.12. The van der Waals surface area contributed by atoms with Crippen molar-refractivity contribution in [3.63, 3.8) is 0 Å². The van der Waals surface area contributed by atoms with Crippen LogP contribution in [0.2, 0.25) is 0 Å². The Morgan fingerprint density at radius 3 is 2.58 bits per heavy atom. The van der Waals surface area contributed by atoms with Crippen molar-refractivity contribution in [3.8, 4) is 0 Å². The second-order valence-corrected chi connectivity index (χ2v) is 8.10. The number of anilines is 1. The molecule has 0 spiro atoms. The molecule has 1 aliphatic heterocycles. The number of hydrogen-bond acceptors (Lipinski definition) is 3. The molecule has 2 N–H and O–H groups in total. The van der Waals surface area contributed by atoms with E-state index in [2.05, 4.69) is 93.6 Å². The molecular weight excluding hydrogens is 366 g/mol. The smallest absolute Gasteiger partial charge is 0.191 e. The molecule has 6 heteroatoms. The Bertz CT molecular complexity index is 553. The van der Waals surface area contributed by atoms with Gasteiger partial charge in [0, 0.05) is 48.4 Å². The number of nitrogens with zero attached hydrogens (tertiary/aromatic N) is 3. The highest BCUT2D eigenvalue weighted by Gasteiger charge is 2.25. The van der Waals surface area contributed by atoms with Gasteiger partial charge in [-0.05, 0) is 58.6 Å². The maximum atomic E-state index is 4.37. The molecule has 24 heavy (non-hydrogen) atoms. The number of guanidine groups is 1. The molecule has 1 aromatic rings. The molecule has 0 aliphatic carbocycles. The Kier molecular flexibility index (Phi) is 6.52. The van der Waals surface area contributed by atoms with Gasteiger partial charge in [0.1, 0.15) is 0 Å². The van der Waals surface area contributed by atoms with Crippen molar-refractivity contribution in [1.82, 2.24) is 15.5 Å². The van der Waals surface area contributed by atoms with Gasteiger partial charge in [0.05, 0.1) is 0 Å². The number of likely N-dealkylation sites (N-methyl/N-ethyl adjacent to an activating group) is 1. The summed E-state index contributed by atoms with van der Waals surface area (Å²) in [6, 6.07) is 8.94. The number of rotatable bonds is 5. The molecule has 1 aromatic carbocycles. The zero-order valence-corrected chi connectivity index (χ0v) is 17.0. The van der Waals surface area contributed by atoms with E-state index >= 15 is 0 Å². The summed E-state index contributed by atoms with van der Waals surface area (Å²) in [5.74, 6) is 0.882. The lowest BCUT2D eigenvalue weighted by Gasteiger charge is -2.33. The third-order valence-corrected chi connectivity index (χ3v) is 5.37. The summed E-state index contributed by atoms with van der Waals surface area (Å²) in [5, 5.41) is 7.01. The lowest BCUT2D eigenvalue weighted by Crippen LogP contribution is -2.52. The molecule has 1 saturated heterocycles.